The smallest absolute Gasteiger partial charge is 0.465 e. The minimum absolute atomic E-state index is 0.160. The first-order valence-corrected chi connectivity index (χ1v) is 12.1. The number of amides is 2. The van der Waals surface area contributed by atoms with Gasteiger partial charge in [-0.3, -0.25) is 9.69 Å². The van der Waals surface area contributed by atoms with Crippen molar-refractivity contribution < 1.29 is 37.7 Å². The standard InChI is InChI=1S/C25H35F3N2O5/c1-23(2,3)30(22(32)33)18-10-8-14-29(16-18)21(31)20(24(34)12-5-4-6-13-24)17-9-7-11-19(15-17)35-25(26,27)28/h7,9,11,15,18,20,34H,4-6,8,10,12-14,16H2,1-3H3,(H,32,33)/t18-,20?/m0/s1. The van der Waals surface area contributed by atoms with Crippen molar-refractivity contribution in [3.63, 3.8) is 0 Å². The molecule has 0 bridgehead atoms. The van der Waals surface area contributed by atoms with Crippen LogP contribution in [0, 0.1) is 0 Å². The van der Waals surface area contributed by atoms with E-state index in [2.05, 4.69) is 4.74 Å². The van der Waals surface area contributed by atoms with E-state index in [1.807, 2.05) is 0 Å². The fraction of sp³-hybridized carbons (Fsp3) is 0.680. The molecule has 2 amide bonds. The maximum Gasteiger partial charge on any atom is 0.573 e. The van der Waals surface area contributed by atoms with Crippen molar-refractivity contribution in [2.24, 2.45) is 0 Å². The lowest BCUT2D eigenvalue weighted by molar-refractivity contribution is -0.274. The Balaban J connectivity index is 1.95. The normalized spacial score (nSPS) is 21.8. The minimum Gasteiger partial charge on any atom is -0.465 e. The molecule has 1 unspecified atom stereocenters. The zero-order valence-corrected chi connectivity index (χ0v) is 20.5. The molecular formula is C25H35F3N2O5. The molecule has 2 fully saturated rings. The van der Waals surface area contributed by atoms with Crippen molar-refractivity contribution in [3.8, 4) is 5.75 Å². The Bertz CT molecular complexity index is 909. The van der Waals surface area contributed by atoms with E-state index in [1.54, 1.807) is 31.7 Å². The quantitative estimate of drug-likeness (QED) is 0.585. The van der Waals surface area contributed by atoms with Crippen LogP contribution in [0.15, 0.2) is 24.3 Å². The van der Waals surface area contributed by atoms with E-state index >= 15 is 0 Å². The molecule has 3 rings (SSSR count). The molecule has 35 heavy (non-hydrogen) atoms. The molecule has 2 aliphatic rings. The molecule has 2 N–H and O–H groups in total. The Morgan fingerprint density at radius 3 is 2.37 bits per heavy atom. The van der Waals surface area contributed by atoms with Gasteiger partial charge >= 0.3 is 12.5 Å². The van der Waals surface area contributed by atoms with Crippen molar-refractivity contribution in [1.29, 1.82) is 0 Å². The number of ether oxygens (including phenoxy) is 1. The number of rotatable bonds is 5. The van der Waals surface area contributed by atoms with Gasteiger partial charge in [0.25, 0.3) is 0 Å². The van der Waals surface area contributed by atoms with Crippen molar-refractivity contribution in [2.75, 3.05) is 13.1 Å². The molecule has 1 aliphatic carbocycles. The first-order valence-electron chi connectivity index (χ1n) is 12.1. The van der Waals surface area contributed by atoms with Gasteiger partial charge in [0, 0.05) is 18.6 Å². The van der Waals surface area contributed by atoms with Crippen LogP contribution in [0.4, 0.5) is 18.0 Å². The van der Waals surface area contributed by atoms with Crippen molar-refractivity contribution in [2.45, 2.75) is 95.2 Å². The van der Waals surface area contributed by atoms with E-state index in [0.717, 1.165) is 12.5 Å². The lowest BCUT2D eigenvalue weighted by Crippen LogP contribution is -2.59. The van der Waals surface area contributed by atoms with Gasteiger partial charge in [0.05, 0.1) is 17.6 Å². The molecule has 1 saturated heterocycles. The zero-order valence-electron chi connectivity index (χ0n) is 20.5. The van der Waals surface area contributed by atoms with Gasteiger partial charge < -0.3 is 19.8 Å². The zero-order chi connectivity index (χ0) is 26.0. The summed E-state index contributed by atoms with van der Waals surface area (Å²) in [6.45, 7) is 5.93. The molecular weight excluding hydrogens is 465 g/mol. The second-order valence-corrected chi connectivity index (χ2v) is 10.6. The molecule has 7 nitrogen and oxygen atoms in total. The largest absolute Gasteiger partial charge is 0.573 e. The molecule has 2 atom stereocenters. The number of carbonyl (C=O) groups excluding carboxylic acids is 1. The summed E-state index contributed by atoms with van der Waals surface area (Å²) in [7, 11) is 0. The Kier molecular flexibility index (Phi) is 7.93. The van der Waals surface area contributed by atoms with Gasteiger partial charge in [-0.05, 0) is 64.2 Å². The second-order valence-electron chi connectivity index (χ2n) is 10.6. The van der Waals surface area contributed by atoms with Crippen LogP contribution in [0.1, 0.15) is 77.2 Å². The average Bonchev–Trinajstić information content (AvgIpc) is 2.72. The number of aliphatic hydroxyl groups is 1. The Morgan fingerprint density at radius 2 is 1.80 bits per heavy atom. The highest BCUT2D eigenvalue weighted by Crippen LogP contribution is 2.42. The van der Waals surface area contributed by atoms with Crippen LogP contribution >= 0.6 is 0 Å². The van der Waals surface area contributed by atoms with Gasteiger partial charge in [-0.15, -0.1) is 13.2 Å². The number of hydrogen-bond donors (Lipinski definition) is 2. The lowest BCUT2D eigenvalue weighted by atomic mass is 9.72. The predicted octanol–water partition coefficient (Wildman–Crippen LogP) is 5.13. The molecule has 1 aromatic carbocycles. The average molecular weight is 501 g/mol. The maximum atomic E-state index is 13.9. The maximum absolute atomic E-state index is 13.9. The fourth-order valence-electron chi connectivity index (χ4n) is 5.57. The van der Waals surface area contributed by atoms with Crippen LogP contribution in [0.5, 0.6) is 5.75 Å². The van der Waals surface area contributed by atoms with Crippen LogP contribution in [0.3, 0.4) is 0 Å². The summed E-state index contributed by atoms with van der Waals surface area (Å²) in [6.07, 6.45) is -1.75. The number of hydrogen-bond acceptors (Lipinski definition) is 4. The molecule has 196 valence electrons. The molecule has 1 aromatic rings. The van der Waals surface area contributed by atoms with E-state index in [0.29, 0.717) is 45.1 Å². The fourth-order valence-corrected chi connectivity index (χ4v) is 5.57. The molecule has 1 aliphatic heterocycles. The van der Waals surface area contributed by atoms with Gasteiger partial charge in [-0.2, -0.15) is 0 Å². The molecule has 0 spiro atoms. The van der Waals surface area contributed by atoms with E-state index in [1.165, 1.54) is 17.0 Å². The summed E-state index contributed by atoms with van der Waals surface area (Å²) in [6, 6.07) is 4.83. The highest BCUT2D eigenvalue weighted by molar-refractivity contribution is 5.85. The summed E-state index contributed by atoms with van der Waals surface area (Å²) in [4.78, 5) is 28.8. The number of likely N-dealkylation sites (tertiary alicyclic amines) is 1. The number of halogens is 3. The topological polar surface area (TPSA) is 90.3 Å². The third-order valence-electron chi connectivity index (χ3n) is 6.93. The number of benzene rings is 1. The van der Waals surface area contributed by atoms with Gasteiger partial charge in [0.15, 0.2) is 0 Å². The summed E-state index contributed by atoms with van der Waals surface area (Å²) in [5.41, 5.74) is -1.82. The molecule has 10 heteroatoms. The number of carbonyl (C=O) groups is 2. The third kappa shape index (κ3) is 6.59. The van der Waals surface area contributed by atoms with Gasteiger partial charge in [0.1, 0.15) is 5.75 Å². The van der Waals surface area contributed by atoms with E-state index in [-0.39, 0.29) is 12.1 Å². The molecule has 0 aromatic heterocycles. The summed E-state index contributed by atoms with van der Waals surface area (Å²) < 4.78 is 42.6. The monoisotopic (exact) mass is 500 g/mol. The SMILES string of the molecule is CC(C)(C)N(C(=O)O)[C@H]1CCCN(C(=O)C(c2cccc(OC(F)(F)F)c2)C2(O)CCCCC2)C1. The molecule has 1 saturated carbocycles. The van der Waals surface area contributed by atoms with Gasteiger partial charge in [0.2, 0.25) is 5.91 Å². The highest BCUT2D eigenvalue weighted by atomic mass is 19.4. The molecule has 0 radical (unpaired) electrons. The Labute approximate surface area is 203 Å². The van der Waals surface area contributed by atoms with Crippen LogP contribution in [-0.2, 0) is 4.79 Å². The van der Waals surface area contributed by atoms with Crippen molar-refractivity contribution in [3.05, 3.63) is 29.8 Å². The van der Waals surface area contributed by atoms with Crippen LogP contribution in [0.25, 0.3) is 0 Å². The highest BCUT2D eigenvalue weighted by Gasteiger charge is 2.46. The van der Waals surface area contributed by atoms with Gasteiger partial charge in [-0.25, -0.2) is 4.79 Å². The van der Waals surface area contributed by atoms with Crippen LogP contribution < -0.4 is 4.74 Å². The van der Waals surface area contributed by atoms with Gasteiger partial charge in [-0.1, -0.05) is 31.4 Å². The first kappa shape index (κ1) is 27.1. The number of nitrogens with zero attached hydrogens (tertiary/aromatic N) is 2. The Morgan fingerprint density at radius 1 is 1.14 bits per heavy atom. The van der Waals surface area contributed by atoms with Crippen LogP contribution in [0.2, 0.25) is 0 Å². The van der Waals surface area contributed by atoms with Crippen molar-refractivity contribution in [1.82, 2.24) is 9.80 Å². The van der Waals surface area contributed by atoms with Crippen LogP contribution in [-0.4, -0.2) is 68.6 Å². The second kappa shape index (κ2) is 10.2. The Hall–Kier alpha value is -2.49. The van der Waals surface area contributed by atoms with E-state index in [4.69, 9.17) is 0 Å². The first-order chi connectivity index (χ1) is 16.2. The molecule has 1 heterocycles. The van der Waals surface area contributed by atoms with E-state index in [9.17, 15) is 33.0 Å². The summed E-state index contributed by atoms with van der Waals surface area (Å²) >= 11 is 0. The van der Waals surface area contributed by atoms with E-state index < -0.39 is 47.2 Å². The third-order valence-corrected chi connectivity index (χ3v) is 6.93. The number of carboxylic acid groups (broad SMARTS) is 1. The minimum atomic E-state index is -4.88. The number of piperidine rings is 1. The predicted molar refractivity (Wildman–Crippen MR) is 123 cm³/mol. The van der Waals surface area contributed by atoms with Crippen molar-refractivity contribution >= 4 is 12.0 Å². The summed E-state index contributed by atoms with van der Waals surface area (Å²) in [5.74, 6) is -1.93. The summed E-state index contributed by atoms with van der Waals surface area (Å²) in [5, 5.41) is 21.4. The number of alkyl halides is 3. The lowest BCUT2D eigenvalue weighted by Gasteiger charge is -2.46.